The molecule has 27 heavy (non-hydrogen) atoms. The second-order valence-electron chi connectivity index (χ2n) is 7.26. The molecule has 4 rings (SSSR count). The Balaban J connectivity index is 1.43. The summed E-state index contributed by atoms with van der Waals surface area (Å²) in [5.41, 5.74) is 2.31. The number of benzene rings is 2. The lowest BCUT2D eigenvalue weighted by molar-refractivity contribution is 0.145. The van der Waals surface area contributed by atoms with Gasteiger partial charge in [0.1, 0.15) is 11.9 Å². The fraction of sp³-hybridized carbons (Fsp3) is 0.409. The van der Waals surface area contributed by atoms with Gasteiger partial charge in [0.25, 0.3) is 0 Å². The van der Waals surface area contributed by atoms with Gasteiger partial charge in [-0.1, -0.05) is 48.5 Å². The average Bonchev–Trinajstić information content (AvgIpc) is 3.30. The summed E-state index contributed by atoms with van der Waals surface area (Å²) in [5.74, 6) is 0.871. The van der Waals surface area contributed by atoms with Gasteiger partial charge in [-0.05, 0) is 36.5 Å². The molecule has 2 aromatic rings. The van der Waals surface area contributed by atoms with E-state index >= 15 is 0 Å². The quantitative estimate of drug-likeness (QED) is 0.883. The summed E-state index contributed by atoms with van der Waals surface area (Å²) >= 11 is 0. The standard InChI is InChI=1S/C22H27N3O2/c1-27-20-12-6-5-8-17(20)13-14-23-22(26)25-16-19-11-7-15-24(19)21(25)18-9-3-2-4-10-18/h2-6,8-10,12,19,21H,7,11,13-16H2,1H3,(H,23,26). The van der Waals surface area contributed by atoms with E-state index in [1.165, 1.54) is 18.4 Å². The summed E-state index contributed by atoms with van der Waals surface area (Å²) in [6, 6.07) is 18.8. The molecule has 2 saturated heterocycles. The molecule has 2 atom stereocenters. The molecule has 0 spiro atoms. The van der Waals surface area contributed by atoms with Crippen molar-refractivity contribution in [3.8, 4) is 5.75 Å². The highest BCUT2D eigenvalue weighted by Crippen LogP contribution is 2.38. The second kappa shape index (κ2) is 8.01. The molecule has 2 heterocycles. The lowest BCUT2D eigenvalue weighted by atomic mass is 10.1. The van der Waals surface area contributed by atoms with Crippen molar-refractivity contribution in [3.05, 3.63) is 65.7 Å². The molecule has 0 radical (unpaired) electrons. The molecule has 142 valence electrons. The minimum atomic E-state index is 0.0214. The molecule has 5 heteroatoms. The number of methoxy groups -OCH3 is 1. The van der Waals surface area contributed by atoms with Crippen LogP contribution in [-0.4, -0.2) is 48.6 Å². The van der Waals surface area contributed by atoms with Crippen LogP contribution in [0.25, 0.3) is 0 Å². The first-order valence-corrected chi connectivity index (χ1v) is 9.75. The number of rotatable bonds is 5. The molecule has 0 saturated carbocycles. The number of carbonyl (C=O) groups is 1. The van der Waals surface area contributed by atoms with E-state index in [-0.39, 0.29) is 12.2 Å². The van der Waals surface area contributed by atoms with Crippen molar-refractivity contribution in [3.63, 3.8) is 0 Å². The van der Waals surface area contributed by atoms with Crippen molar-refractivity contribution in [2.24, 2.45) is 0 Å². The van der Waals surface area contributed by atoms with Gasteiger partial charge in [-0.3, -0.25) is 4.90 Å². The Bertz CT molecular complexity index is 780. The van der Waals surface area contributed by atoms with Crippen LogP contribution in [0.15, 0.2) is 54.6 Å². The molecule has 0 bridgehead atoms. The van der Waals surface area contributed by atoms with Gasteiger partial charge >= 0.3 is 6.03 Å². The average molecular weight is 365 g/mol. The maximum Gasteiger partial charge on any atom is 0.319 e. The van der Waals surface area contributed by atoms with Crippen molar-refractivity contribution in [2.45, 2.75) is 31.5 Å². The minimum absolute atomic E-state index is 0.0214. The summed E-state index contributed by atoms with van der Waals surface area (Å²) in [6.45, 7) is 2.47. The Morgan fingerprint density at radius 1 is 1.15 bits per heavy atom. The fourth-order valence-electron chi connectivity index (χ4n) is 4.39. The lowest BCUT2D eigenvalue weighted by Crippen LogP contribution is -2.42. The third-order valence-corrected chi connectivity index (χ3v) is 5.66. The Hall–Kier alpha value is -2.53. The van der Waals surface area contributed by atoms with E-state index in [4.69, 9.17) is 4.74 Å². The summed E-state index contributed by atoms with van der Waals surface area (Å²) in [6.07, 6.45) is 3.20. The largest absolute Gasteiger partial charge is 0.496 e. The summed E-state index contributed by atoms with van der Waals surface area (Å²) in [7, 11) is 1.68. The van der Waals surface area contributed by atoms with Crippen LogP contribution in [0.4, 0.5) is 4.79 Å². The maximum atomic E-state index is 13.0. The van der Waals surface area contributed by atoms with Gasteiger partial charge in [0, 0.05) is 25.7 Å². The number of urea groups is 1. The van der Waals surface area contributed by atoms with E-state index in [9.17, 15) is 4.79 Å². The lowest BCUT2D eigenvalue weighted by Gasteiger charge is -2.30. The molecule has 1 N–H and O–H groups in total. The molecule has 2 unspecified atom stereocenters. The van der Waals surface area contributed by atoms with Crippen molar-refractivity contribution < 1.29 is 9.53 Å². The number of nitrogens with zero attached hydrogens (tertiary/aromatic N) is 2. The van der Waals surface area contributed by atoms with Gasteiger partial charge < -0.3 is 15.0 Å². The number of amides is 2. The highest BCUT2D eigenvalue weighted by Gasteiger charge is 2.44. The van der Waals surface area contributed by atoms with Crippen molar-refractivity contribution in [1.29, 1.82) is 0 Å². The first-order valence-electron chi connectivity index (χ1n) is 9.75. The first kappa shape index (κ1) is 17.9. The first-order chi connectivity index (χ1) is 13.3. The number of carbonyl (C=O) groups excluding carboxylic acids is 1. The molecule has 2 fully saturated rings. The monoisotopic (exact) mass is 365 g/mol. The summed E-state index contributed by atoms with van der Waals surface area (Å²) in [5, 5.41) is 3.12. The molecule has 0 aromatic heterocycles. The van der Waals surface area contributed by atoms with Crippen molar-refractivity contribution >= 4 is 6.03 Å². The van der Waals surface area contributed by atoms with Gasteiger partial charge in [-0.15, -0.1) is 0 Å². The highest BCUT2D eigenvalue weighted by atomic mass is 16.5. The van der Waals surface area contributed by atoms with Crippen molar-refractivity contribution in [1.82, 2.24) is 15.1 Å². The second-order valence-corrected chi connectivity index (χ2v) is 7.26. The molecule has 2 aromatic carbocycles. The fourth-order valence-corrected chi connectivity index (χ4v) is 4.39. The van der Waals surface area contributed by atoms with E-state index in [1.807, 2.05) is 35.2 Å². The van der Waals surface area contributed by atoms with Gasteiger partial charge in [-0.25, -0.2) is 4.79 Å². The topological polar surface area (TPSA) is 44.8 Å². The number of hydrogen-bond donors (Lipinski definition) is 1. The summed E-state index contributed by atoms with van der Waals surface area (Å²) < 4.78 is 5.40. The van der Waals surface area contributed by atoms with E-state index in [0.29, 0.717) is 12.6 Å². The smallest absolute Gasteiger partial charge is 0.319 e. The minimum Gasteiger partial charge on any atom is -0.496 e. The number of nitrogens with one attached hydrogen (secondary N) is 1. The number of ether oxygens (including phenoxy) is 1. The van der Waals surface area contributed by atoms with Crippen molar-refractivity contribution in [2.75, 3.05) is 26.7 Å². The molecule has 2 aliphatic heterocycles. The van der Waals surface area contributed by atoms with Crippen LogP contribution in [0, 0.1) is 0 Å². The van der Waals surface area contributed by atoms with Crippen LogP contribution in [0.5, 0.6) is 5.75 Å². The predicted molar refractivity (Wildman–Crippen MR) is 106 cm³/mol. The number of fused-ring (bicyclic) bond motifs is 1. The van der Waals surface area contributed by atoms with Gasteiger partial charge in [0.2, 0.25) is 0 Å². The number of hydrogen-bond acceptors (Lipinski definition) is 3. The Morgan fingerprint density at radius 2 is 1.93 bits per heavy atom. The Labute approximate surface area is 160 Å². The van der Waals surface area contributed by atoms with Gasteiger partial charge in [0.15, 0.2) is 0 Å². The molecular weight excluding hydrogens is 338 g/mol. The van der Waals surface area contributed by atoms with E-state index in [0.717, 1.165) is 30.8 Å². The van der Waals surface area contributed by atoms with Crippen LogP contribution in [0.3, 0.4) is 0 Å². The zero-order valence-electron chi connectivity index (χ0n) is 15.8. The summed E-state index contributed by atoms with van der Waals surface area (Å²) in [4.78, 5) is 17.4. The molecular formula is C22H27N3O2. The van der Waals surface area contributed by atoms with Crippen LogP contribution in [0.2, 0.25) is 0 Å². The van der Waals surface area contributed by atoms with E-state index in [2.05, 4.69) is 34.5 Å². The van der Waals surface area contributed by atoms with Gasteiger partial charge in [-0.2, -0.15) is 0 Å². The molecule has 5 nitrogen and oxygen atoms in total. The van der Waals surface area contributed by atoms with Crippen LogP contribution in [-0.2, 0) is 6.42 Å². The number of para-hydroxylation sites is 1. The third kappa shape index (κ3) is 3.65. The van der Waals surface area contributed by atoms with Crippen LogP contribution < -0.4 is 10.1 Å². The third-order valence-electron chi connectivity index (χ3n) is 5.66. The van der Waals surface area contributed by atoms with E-state index in [1.54, 1.807) is 7.11 Å². The van der Waals surface area contributed by atoms with Gasteiger partial charge in [0.05, 0.1) is 7.11 Å². The zero-order chi connectivity index (χ0) is 18.6. The normalized spacial score (nSPS) is 21.9. The Morgan fingerprint density at radius 3 is 2.74 bits per heavy atom. The molecule has 2 amide bonds. The highest BCUT2D eigenvalue weighted by molar-refractivity contribution is 5.75. The van der Waals surface area contributed by atoms with Crippen LogP contribution in [0.1, 0.15) is 30.1 Å². The van der Waals surface area contributed by atoms with Crippen LogP contribution >= 0.6 is 0 Å². The maximum absolute atomic E-state index is 13.0. The predicted octanol–water partition coefficient (Wildman–Crippen LogP) is 3.43. The van der Waals surface area contributed by atoms with E-state index < -0.39 is 0 Å². The SMILES string of the molecule is COc1ccccc1CCNC(=O)N1CC2CCCN2C1c1ccccc1. The zero-order valence-corrected chi connectivity index (χ0v) is 15.8. The molecule has 0 aliphatic carbocycles. The Kier molecular flexibility index (Phi) is 5.30. The molecule has 2 aliphatic rings.